The normalized spacial score (nSPS) is 21.2. The van der Waals surface area contributed by atoms with Crippen LogP contribution < -0.4 is 9.16 Å². The fourth-order valence-corrected chi connectivity index (χ4v) is 7.10. The molecule has 0 heterocycles. The van der Waals surface area contributed by atoms with E-state index in [1.807, 2.05) is 36.4 Å². The number of carbonyl (C=O) groups is 1. The van der Waals surface area contributed by atoms with E-state index in [-0.39, 0.29) is 11.3 Å². The number of aliphatic carboxylic acids is 1. The van der Waals surface area contributed by atoms with Gasteiger partial charge < -0.3 is 14.3 Å². The first-order valence-corrected chi connectivity index (χ1v) is 12.9. The third kappa shape index (κ3) is 3.85. The molecular formula is C31H35O4Si. The van der Waals surface area contributed by atoms with E-state index in [0.29, 0.717) is 12.2 Å². The van der Waals surface area contributed by atoms with Crippen molar-refractivity contribution in [1.29, 1.82) is 0 Å². The van der Waals surface area contributed by atoms with Crippen molar-refractivity contribution in [3.63, 3.8) is 0 Å². The highest BCUT2D eigenvalue weighted by atomic mass is 28.2. The lowest BCUT2D eigenvalue weighted by Crippen LogP contribution is -2.40. The summed E-state index contributed by atoms with van der Waals surface area (Å²) in [7, 11) is 4.99. The van der Waals surface area contributed by atoms with Crippen LogP contribution in [0.1, 0.15) is 79.0 Å². The Kier molecular flexibility index (Phi) is 6.82. The van der Waals surface area contributed by atoms with Gasteiger partial charge in [-0.25, -0.2) is 0 Å². The highest BCUT2D eigenvalue weighted by Crippen LogP contribution is 2.60. The van der Waals surface area contributed by atoms with E-state index < -0.39 is 17.3 Å². The lowest BCUT2D eigenvalue weighted by Gasteiger charge is -2.39. The first-order valence-electron chi connectivity index (χ1n) is 12.5. The number of rotatable bonds is 6. The van der Waals surface area contributed by atoms with Crippen LogP contribution in [-0.4, -0.2) is 28.7 Å². The van der Waals surface area contributed by atoms with Crippen molar-refractivity contribution in [2.45, 2.75) is 64.7 Å². The molecule has 3 aromatic rings. The van der Waals surface area contributed by atoms with E-state index in [9.17, 15) is 9.90 Å². The largest absolute Gasteiger partial charge is 0.540 e. The van der Waals surface area contributed by atoms with Crippen molar-refractivity contribution >= 4 is 16.5 Å². The van der Waals surface area contributed by atoms with Crippen molar-refractivity contribution in [2.75, 3.05) is 7.11 Å². The molecule has 187 valence electrons. The first kappa shape index (κ1) is 26.0. The molecule has 36 heavy (non-hydrogen) atoms. The molecule has 1 N–H and O–H groups in total. The Hall–Kier alpha value is -3.05. The van der Waals surface area contributed by atoms with E-state index in [1.54, 1.807) is 7.11 Å². The minimum absolute atomic E-state index is 0.0863. The van der Waals surface area contributed by atoms with Crippen LogP contribution in [0.4, 0.5) is 0 Å². The van der Waals surface area contributed by atoms with Gasteiger partial charge in [0.05, 0.1) is 13.0 Å². The minimum Gasteiger partial charge on any atom is -0.540 e. The molecule has 3 radical (unpaired) electrons. The molecule has 0 bridgehead atoms. The SMILES string of the molecule is CCC1(c2cc(C)c(C(C)(C)C)c(C)c2O[Si])c2ccccc2C(c2ccc(OC)cc2)C1C(=O)O. The van der Waals surface area contributed by atoms with Gasteiger partial charge in [-0.1, -0.05) is 70.2 Å². The molecule has 3 atom stereocenters. The molecule has 1 aliphatic rings. The first-order chi connectivity index (χ1) is 17.0. The molecule has 0 saturated carbocycles. The summed E-state index contributed by atoms with van der Waals surface area (Å²) in [5, 5.41) is 10.9. The molecule has 3 aromatic carbocycles. The van der Waals surface area contributed by atoms with Gasteiger partial charge in [0.25, 0.3) is 0 Å². The van der Waals surface area contributed by atoms with Gasteiger partial charge in [0.1, 0.15) is 11.5 Å². The molecule has 1 aliphatic carbocycles. The summed E-state index contributed by atoms with van der Waals surface area (Å²) < 4.78 is 11.3. The number of carboxylic acids is 1. The van der Waals surface area contributed by atoms with E-state index in [1.165, 1.54) is 5.56 Å². The molecule has 0 saturated heterocycles. The smallest absolute Gasteiger partial charge is 0.341 e. The van der Waals surface area contributed by atoms with Crippen LogP contribution >= 0.6 is 0 Å². The highest BCUT2D eigenvalue weighted by molar-refractivity contribution is 6.00. The highest BCUT2D eigenvalue weighted by Gasteiger charge is 2.57. The molecule has 0 spiro atoms. The second-order valence-corrected chi connectivity index (χ2v) is 11.1. The Balaban J connectivity index is 2.08. The van der Waals surface area contributed by atoms with Crippen LogP contribution in [0.3, 0.4) is 0 Å². The number of hydrogen-bond donors (Lipinski definition) is 1. The maximum absolute atomic E-state index is 13.2. The number of fused-ring (bicyclic) bond motifs is 1. The molecule has 0 aliphatic heterocycles. The van der Waals surface area contributed by atoms with Crippen LogP contribution in [-0.2, 0) is 15.6 Å². The summed E-state index contributed by atoms with van der Waals surface area (Å²) in [5.74, 6) is -0.384. The Morgan fingerprint density at radius 2 is 1.69 bits per heavy atom. The summed E-state index contributed by atoms with van der Waals surface area (Å²) in [6.45, 7) is 12.9. The average Bonchev–Trinajstić information content (AvgIpc) is 3.14. The average molecular weight is 500 g/mol. The van der Waals surface area contributed by atoms with E-state index in [0.717, 1.165) is 39.1 Å². The molecule has 5 heteroatoms. The minimum atomic E-state index is -0.816. The number of benzene rings is 3. The molecule has 0 fully saturated rings. The van der Waals surface area contributed by atoms with E-state index >= 15 is 0 Å². The van der Waals surface area contributed by atoms with Gasteiger partial charge in [-0.3, -0.25) is 4.79 Å². The third-order valence-corrected chi connectivity index (χ3v) is 8.19. The van der Waals surface area contributed by atoms with Crippen LogP contribution in [0.15, 0.2) is 54.6 Å². The Morgan fingerprint density at radius 3 is 2.22 bits per heavy atom. The van der Waals surface area contributed by atoms with Crippen LogP contribution in [0.5, 0.6) is 11.5 Å². The fraction of sp³-hybridized carbons (Fsp3) is 0.387. The molecule has 0 aromatic heterocycles. The Labute approximate surface area is 218 Å². The van der Waals surface area contributed by atoms with Crippen LogP contribution in [0.25, 0.3) is 0 Å². The number of hydrogen-bond acceptors (Lipinski definition) is 3. The van der Waals surface area contributed by atoms with Crippen molar-refractivity contribution in [1.82, 2.24) is 0 Å². The number of methoxy groups -OCH3 is 1. The zero-order valence-electron chi connectivity index (χ0n) is 22.2. The molecule has 4 rings (SSSR count). The lowest BCUT2D eigenvalue weighted by molar-refractivity contribution is -0.144. The zero-order valence-corrected chi connectivity index (χ0v) is 23.2. The maximum Gasteiger partial charge on any atom is 0.341 e. The van der Waals surface area contributed by atoms with Gasteiger partial charge in [-0.2, -0.15) is 0 Å². The Morgan fingerprint density at radius 1 is 1.06 bits per heavy atom. The summed E-state index contributed by atoms with van der Waals surface area (Å²) in [4.78, 5) is 13.2. The zero-order chi connectivity index (χ0) is 26.4. The molecule has 0 amide bonds. The van der Waals surface area contributed by atoms with E-state index in [4.69, 9.17) is 9.16 Å². The number of aryl methyl sites for hydroxylation is 1. The Bertz CT molecular complexity index is 1290. The second kappa shape index (κ2) is 9.43. The van der Waals surface area contributed by atoms with Crippen molar-refractivity contribution in [2.24, 2.45) is 5.92 Å². The number of ether oxygens (including phenoxy) is 1. The summed E-state index contributed by atoms with van der Waals surface area (Å²) in [5.41, 5.74) is 6.51. The predicted molar refractivity (Wildman–Crippen MR) is 144 cm³/mol. The van der Waals surface area contributed by atoms with Crippen molar-refractivity contribution in [3.8, 4) is 11.5 Å². The lowest BCUT2D eigenvalue weighted by atomic mass is 9.64. The van der Waals surface area contributed by atoms with Gasteiger partial charge in [0, 0.05) is 16.9 Å². The molecule has 4 nitrogen and oxygen atoms in total. The van der Waals surface area contributed by atoms with Gasteiger partial charge in [0.2, 0.25) is 0 Å². The van der Waals surface area contributed by atoms with Gasteiger partial charge in [-0.15, -0.1) is 0 Å². The fourth-order valence-electron chi connectivity index (χ4n) is 6.84. The van der Waals surface area contributed by atoms with Crippen molar-refractivity contribution < 1.29 is 19.1 Å². The van der Waals surface area contributed by atoms with Crippen LogP contribution in [0, 0.1) is 19.8 Å². The summed E-state index contributed by atoms with van der Waals surface area (Å²) in [6, 6.07) is 18.1. The number of carboxylic acid groups (broad SMARTS) is 1. The third-order valence-electron chi connectivity index (χ3n) is 7.99. The monoisotopic (exact) mass is 499 g/mol. The van der Waals surface area contributed by atoms with Gasteiger partial charge in [0.15, 0.2) is 0 Å². The quantitative estimate of drug-likeness (QED) is 0.388. The standard InChI is InChI=1S/C31H35O4Si/c1-8-31(24-17-18(2)26(30(4,5)6)19(3)28(24)35-36)23-12-10-9-11-22(23)25(27(31)29(32)33)20-13-15-21(34-7)16-14-20/h9-17,25,27H,8H2,1-7H3,(H,32,33). The van der Waals surface area contributed by atoms with Crippen LogP contribution in [0.2, 0.25) is 0 Å². The molecule has 3 unspecified atom stereocenters. The summed E-state index contributed by atoms with van der Waals surface area (Å²) in [6.07, 6.45) is 0.615. The maximum atomic E-state index is 13.2. The van der Waals surface area contributed by atoms with Gasteiger partial charge >= 0.3 is 16.5 Å². The van der Waals surface area contributed by atoms with Gasteiger partial charge in [-0.05, 0) is 71.2 Å². The molecular weight excluding hydrogens is 464 g/mol. The van der Waals surface area contributed by atoms with Crippen molar-refractivity contribution in [3.05, 3.63) is 93.5 Å². The van der Waals surface area contributed by atoms with E-state index in [2.05, 4.69) is 70.2 Å². The predicted octanol–water partition coefficient (Wildman–Crippen LogP) is 6.61. The summed E-state index contributed by atoms with van der Waals surface area (Å²) >= 11 is 0. The topological polar surface area (TPSA) is 55.8 Å². The second-order valence-electron chi connectivity index (χ2n) is 10.9.